The lowest BCUT2D eigenvalue weighted by molar-refractivity contribution is 0.0905. The Balaban J connectivity index is 1.69. The highest BCUT2D eigenvalue weighted by Crippen LogP contribution is 2.21. The zero-order valence-corrected chi connectivity index (χ0v) is 12.3. The van der Waals surface area contributed by atoms with Gasteiger partial charge in [0.1, 0.15) is 5.54 Å². The molecule has 2 aliphatic rings. The van der Waals surface area contributed by atoms with E-state index in [9.17, 15) is 0 Å². The Morgan fingerprint density at radius 2 is 1.79 bits per heavy atom. The Labute approximate surface area is 117 Å². The minimum absolute atomic E-state index is 0.663. The third-order valence-electron chi connectivity index (χ3n) is 4.67. The van der Waals surface area contributed by atoms with Gasteiger partial charge in [0.2, 0.25) is 0 Å². The molecule has 0 saturated carbocycles. The number of hydrogen-bond donors (Lipinski definition) is 1. The van der Waals surface area contributed by atoms with E-state index in [1.54, 1.807) is 0 Å². The molecule has 2 rings (SSSR count). The standard InChI is InChI=1S/C15H28N4/c1-15(17,13-16)7-12-18-10-5-14(6-11-18)19-8-3-2-4-9-19/h14H,2-12,17H2,1H3. The number of hydrogen-bond acceptors (Lipinski definition) is 4. The van der Waals surface area contributed by atoms with Crippen LogP contribution in [0.4, 0.5) is 0 Å². The van der Waals surface area contributed by atoms with Gasteiger partial charge in [-0.1, -0.05) is 6.42 Å². The third kappa shape index (κ3) is 4.45. The van der Waals surface area contributed by atoms with Crippen molar-refractivity contribution in [1.29, 1.82) is 5.26 Å². The topological polar surface area (TPSA) is 56.3 Å². The zero-order valence-electron chi connectivity index (χ0n) is 12.3. The van der Waals surface area contributed by atoms with Gasteiger partial charge in [-0.3, -0.25) is 0 Å². The monoisotopic (exact) mass is 264 g/mol. The zero-order chi connectivity index (χ0) is 13.7. The lowest BCUT2D eigenvalue weighted by Gasteiger charge is -2.40. The molecule has 0 aromatic carbocycles. The van der Waals surface area contributed by atoms with Crippen molar-refractivity contribution in [3.8, 4) is 6.07 Å². The molecule has 0 spiro atoms. The van der Waals surface area contributed by atoms with Gasteiger partial charge in [-0.25, -0.2) is 0 Å². The molecular weight excluding hydrogens is 236 g/mol. The van der Waals surface area contributed by atoms with E-state index in [0.29, 0.717) is 0 Å². The number of nitrogens with zero attached hydrogens (tertiary/aromatic N) is 3. The van der Waals surface area contributed by atoms with Crippen LogP contribution in [0.1, 0.15) is 45.4 Å². The van der Waals surface area contributed by atoms with E-state index >= 15 is 0 Å². The highest BCUT2D eigenvalue weighted by Gasteiger charge is 2.26. The Kier molecular flexibility index (Phi) is 5.20. The summed E-state index contributed by atoms with van der Waals surface area (Å²) in [5, 5.41) is 8.94. The fourth-order valence-electron chi connectivity index (χ4n) is 3.24. The second-order valence-electron chi connectivity index (χ2n) is 6.45. The van der Waals surface area contributed by atoms with Crippen molar-refractivity contribution in [2.75, 3.05) is 32.7 Å². The van der Waals surface area contributed by atoms with Gasteiger partial charge in [0.15, 0.2) is 0 Å². The molecule has 0 aromatic heterocycles. The fourth-order valence-corrected chi connectivity index (χ4v) is 3.24. The summed E-state index contributed by atoms with van der Waals surface area (Å²) in [7, 11) is 0. The number of nitrogens with two attached hydrogens (primary N) is 1. The normalized spacial score (nSPS) is 26.8. The third-order valence-corrected chi connectivity index (χ3v) is 4.67. The van der Waals surface area contributed by atoms with Gasteiger partial charge >= 0.3 is 0 Å². The summed E-state index contributed by atoms with van der Waals surface area (Å²) in [5.74, 6) is 0. The highest BCUT2D eigenvalue weighted by atomic mass is 15.2. The Morgan fingerprint density at radius 3 is 2.37 bits per heavy atom. The van der Waals surface area contributed by atoms with E-state index in [0.717, 1.165) is 19.0 Å². The van der Waals surface area contributed by atoms with Crippen LogP contribution >= 0.6 is 0 Å². The molecule has 19 heavy (non-hydrogen) atoms. The first kappa shape index (κ1) is 14.8. The highest BCUT2D eigenvalue weighted by molar-refractivity contribution is 5.01. The molecule has 4 heteroatoms. The molecule has 2 saturated heterocycles. The molecule has 2 heterocycles. The second kappa shape index (κ2) is 6.69. The molecule has 0 aliphatic carbocycles. The van der Waals surface area contributed by atoms with Crippen LogP contribution in [0.5, 0.6) is 0 Å². The summed E-state index contributed by atoms with van der Waals surface area (Å²) in [5.41, 5.74) is 5.22. The fraction of sp³-hybridized carbons (Fsp3) is 0.933. The minimum Gasteiger partial charge on any atom is -0.314 e. The van der Waals surface area contributed by atoms with Crippen LogP contribution < -0.4 is 5.73 Å². The van der Waals surface area contributed by atoms with Gasteiger partial charge in [0.25, 0.3) is 0 Å². The molecule has 1 atom stereocenters. The van der Waals surface area contributed by atoms with Gasteiger partial charge in [-0.2, -0.15) is 5.26 Å². The molecule has 4 nitrogen and oxygen atoms in total. The Hall–Kier alpha value is -0.630. The van der Waals surface area contributed by atoms with E-state index in [2.05, 4.69) is 15.9 Å². The maximum Gasteiger partial charge on any atom is 0.102 e. The molecule has 0 radical (unpaired) electrons. The lowest BCUT2D eigenvalue weighted by Crippen LogP contribution is -2.48. The van der Waals surface area contributed by atoms with Crippen LogP contribution in [0.25, 0.3) is 0 Å². The quantitative estimate of drug-likeness (QED) is 0.837. The first-order valence-corrected chi connectivity index (χ1v) is 7.77. The van der Waals surface area contributed by atoms with Gasteiger partial charge in [-0.05, 0) is 65.2 Å². The van der Waals surface area contributed by atoms with Crippen molar-refractivity contribution in [3.05, 3.63) is 0 Å². The molecule has 0 aromatic rings. The smallest absolute Gasteiger partial charge is 0.102 e. The largest absolute Gasteiger partial charge is 0.314 e. The molecule has 0 bridgehead atoms. The van der Waals surface area contributed by atoms with Crippen molar-refractivity contribution in [3.63, 3.8) is 0 Å². The van der Waals surface area contributed by atoms with Gasteiger partial charge in [0.05, 0.1) is 6.07 Å². The number of nitriles is 1. The molecular formula is C15H28N4. The predicted octanol–water partition coefficient (Wildman–Crippen LogP) is 1.57. The summed E-state index contributed by atoms with van der Waals surface area (Å²) in [6.07, 6.45) is 7.53. The first-order valence-electron chi connectivity index (χ1n) is 7.77. The van der Waals surface area contributed by atoms with E-state index in [-0.39, 0.29) is 0 Å². The number of likely N-dealkylation sites (tertiary alicyclic amines) is 2. The molecule has 108 valence electrons. The van der Waals surface area contributed by atoms with Crippen LogP contribution in [0.3, 0.4) is 0 Å². The number of piperidine rings is 2. The molecule has 0 amide bonds. The summed E-state index contributed by atoms with van der Waals surface area (Å²) in [6, 6.07) is 2.99. The molecule has 1 unspecified atom stereocenters. The minimum atomic E-state index is -0.663. The molecule has 2 N–H and O–H groups in total. The van der Waals surface area contributed by atoms with Crippen LogP contribution in [0, 0.1) is 11.3 Å². The molecule has 2 fully saturated rings. The van der Waals surface area contributed by atoms with Crippen molar-refractivity contribution < 1.29 is 0 Å². The summed E-state index contributed by atoms with van der Waals surface area (Å²) < 4.78 is 0. The van der Waals surface area contributed by atoms with E-state index in [1.165, 1.54) is 58.3 Å². The van der Waals surface area contributed by atoms with Crippen molar-refractivity contribution in [1.82, 2.24) is 9.80 Å². The summed E-state index contributed by atoms with van der Waals surface area (Å²) >= 11 is 0. The average Bonchev–Trinajstić information content (AvgIpc) is 2.47. The summed E-state index contributed by atoms with van der Waals surface area (Å²) in [4.78, 5) is 5.17. The molecule has 2 aliphatic heterocycles. The van der Waals surface area contributed by atoms with E-state index in [4.69, 9.17) is 11.0 Å². The average molecular weight is 264 g/mol. The summed E-state index contributed by atoms with van der Waals surface area (Å²) in [6.45, 7) is 7.74. The second-order valence-corrected chi connectivity index (χ2v) is 6.45. The van der Waals surface area contributed by atoms with Gasteiger partial charge < -0.3 is 15.5 Å². The van der Waals surface area contributed by atoms with Crippen LogP contribution in [-0.2, 0) is 0 Å². The van der Waals surface area contributed by atoms with Gasteiger partial charge in [-0.15, -0.1) is 0 Å². The van der Waals surface area contributed by atoms with E-state index in [1.807, 2.05) is 6.92 Å². The van der Waals surface area contributed by atoms with Gasteiger partial charge in [0, 0.05) is 12.6 Å². The maximum atomic E-state index is 8.94. The van der Waals surface area contributed by atoms with Crippen LogP contribution in [-0.4, -0.2) is 54.1 Å². The van der Waals surface area contributed by atoms with Crippen LogP contribution in [0.15, 0.2) is 0 Å². The maximum absolute atomic E-state index is 8.94. The van der Waals surface area contributed by atoms with Crippen molar-refractivity contribution in [2.45, 2.75) is 57.0 Å². The predicted molar refractivity (Wildman–Crippen MR) is 77.7 cm³/mol. The first-order chi connectivity index (χ1) is 9.11. The lowest BCUT2D eigenvalue weighted by atomic mass is 9.97. The SMILES string of the molecule is CC(N)(C#N)CCN1CCC(N2CCCCC2)CC1. The van der Waals surface area contributed by atoms with E-state index < -0.39 is 5.54 Å². The van der Waals surface area contributed by atoms with Crippen molar-refractivity contribution >= 4 is 0 Å². The number of rotatable bonds is 4. The Morgan fingerprint density at radius 1 is 1.16 bits per heavy atom. The Bertz CT molecular complexity index is 307. The van der Waals surface area contributed by atoms with Crippen molar-refractivity contribution in [2.24, 2.45) is 5.73 Å². The van der Waals surface area contributed by atoms with Crippen LogP contribution in [0.2, 0.25) is 0 Å².